The van der Waals surface area contributed by atoms with Crippen LogP contribution in [-0.2, 0) is 17.3 Å². The van der Waals surface area contributed by atoms with Gasteiger partial charge in [-0.3, -0.25) is 0 Å². The molecule has 2 nitrogen and oxygen atoms in total. The molecule has 9 aromatic carbocycles. The van der Waals surface area contributed by atoms with Gasteiger partial charge < -0.3 is 9.80 Å². The molecule has 9 aromatic rings. The average Bonchev–Trinajstić information content (AvgIpc) is 3.46. The first kappa shape index (κ1) is 41.3. The number of anilines is 6. The molecular formula is C64H56N2. The van der Waals surface area contributed by atoms with E-state index in [0.29, 0.717) is 5.92 Å². The van der Waals surface area contributed by atoms with Crippen LogP contribution in [0.15, 0.2) is 218 Å². The highest BCUT2D eigenvalue weighted by Crippen LogP contribution is 2.52. The monoisotopic (exact) mass is 852 g/mol. The Kier molecular flexibility index (Phi) is 10.3. The van der Waals surface area contributed by atoms with E-state index in [4.69, 9.17) is 0 Å². The van der Waals surface area contributed by atoms with Gasteiger partial charge in [0.25, 0.3) is 0 Å². The molecule has 2 aliphatic rings. The van der Waals surface area contributed by atoms with Gasteiger partial charge in [0.15, 0.2) is 0 Å². The van der Waals surface area contributed by atoms with Crippen LogP contribution in [0.2, 0.25) is 0 Å². The van der Waals surface area contributed by atoms with Crippen LogP contribution in [0.25, 0.3) is 33.4 Å². The predicted octanol–water partition coefficient (Wildman–Crippen LogP) is 17.6. The van der Waals surface area contributed by atoms with E-state index in [1.165, 1.54) is 61.2 Å². The third-order valence-electron chi connectivity index (χ3n) is 14.3. The van der Waals surface area contributed by atoms with Gasteiger partial charge in [-0.2, -0.15) is 0 Å². The molecule has 0 N–H and O–H groups in total. The lowest BCUT2D eigenvalue weighted by molar-refractivity contribution is 0.589. The summed E-state index contributed by atoms with van der Waals surface area (Å²) in [5.74, 6) is 0.307. The van der Waals surface area contributed by atoms with Gasteiger partial charge in [-0.15, -0.1) is 0 Å². The van der Waals surface area contributed by atoms with Crippen LogP contribution in [0, 0.1) is 0 Å². The summed E-state index contributed by atoms with van der Waals surface area (Å²) in [6.45, 7) is 11.6. The summed E-state index contributed by atoms with van der Waals surface area (Å²) in [5, 5.41) is 0. The summed E-state index contributed by atoms with van der Waals surface area (Å²) in [7, 11) is 0. The second kappa shape index (κ2) is 16.5. The Hall–Kier alpha value is -7.42. The molecular weight excluding hydrogens is 797 g/mol. The molecule has 0 bridgehead atoms. The lowest BCUT2D eigenvalue weighted by Crippen LogP contribution is -2.17. The van der Waals surface area contributed by atoms with Crippen molar-refractivity contribution >= 4 is 34.1 Å². The minimum Gasteiger partial charge on any atom is -0.310 e. The molecule has 2 aliphatic carbocycles. The third kappa shape index (κ3) is 7.31. The van der Waals surface area contributed by atoms with Crippen molar-refractivity contribution in [1.29, 1.82) is 0 Å². The van der Waals surface area contributed by atoms with E-state index < -0.39 is 0 Å². The molecule has 1 unspecified atom stereocenters. The summed E-state index contributed by atoms with van der Waals surface area (Å²) in [4.78, 5) is 4.86. The van der Waals surface area contributed by atoms with Crippen molar-refractivity contribution < 1.29 is 0 Å². The number of benzene rings is 9. The van der Waals surface area contributed by atoms with Gasteiger partial charge in [-0.1, -0.05) is 180 Å². The predicted molar refractivity (Wildman–Crippen MR) is 280 cm³/mol. The molecule has 0 saturated heterocycles. The highest BCUT2D eigenvalue weighted by Gasteiger charge is 2.36. The summed E-state index contributed by atoms with van der Waals surface area (Å²) >= 11 is 0. The normalized spacial score (nSPS) is 14.6. The van der Waals surface area contributed by atoms with E-state index in [0.717, 1.165) is 52.5 Å². The van der Waals surface area contributed by atoms with E-state index in [2.05, 4.69) is 263 Å². The van der Waals surface area contributed by atoms with Crippen molar-refractivity contribution in [2.45, 2.75) is 64.2 Å². The fraction of sp³-hybridized carbons (Fsp3) is 0.156. The standard InChI is InChI=1S/C64H56N2/c1-63(2,3)47-34-31-44(32-35-47)53-38-33-45-29-30-46(41-58(45)55-26-16-15-25-54(53)55)59-42-51(37-40-62(59)66(49-21-11-7-12-22-49)50-23-13-8-14-24-50)65(48-19-9-6-10-20-48)52-36-39-57-56-27-17-18-28-60(56)64(4,5)61(57)43-52/h6-32,34-37,39-43,53H,33,38H2,1-5H3. The molecule has 0 aromatic heterocycles. The SMILES string of the molecule is CC(C)(C)c1ccc(C2CCc3ccc(-c4cc(N(c5ccccc5)c5ccc6c(c5)C(C)(C)c5ccccc5-6)ccc4N(c4ccccc4)c4ccccc4)cc3-c3ccccc32)cc1. The Morgan fingerprint density at radius 1 is 0.424 bits per heavy atom. The first-order valence-electron chi connectivity index (χ1n) is 23.6. The topological polar surface area (TPSA) is 6.48 Å². The lowest BCUT2D eigenvalue weighted by atomic mass is 9.82. The number of aryl methyl sites for hydroxylation is 1. The van der Waals surface area contributed by atoms with Crippen molar-refractivity contribution in [3.63, 3.8) is 0 Å². The van der Waals surface area contributed by atoms with Crippen LogP contribution in [0.4, 0.5) is 34.1 Å². The van der Waals surface area contributed by atoms with E-state index in [1.54, 1.807) is 0 Å². The zero-order chi connectivity index (χ0) is 45.0. The van der Waals surface area contributed by atoms with E-state index in [-0.39, 0.29) is 10.8 Å². The Morgan fingerprint density at radius 3 is 1.65 bits per heavy atom. The number of hydrogen-bond donors (Lipinski definition) is 0. The Labute approximate surface area is 391 Å². The van der Waals surface area contributed by atoms with Gasteiger partial charge >= 0.3 is 0 Å². The van der Waals surface area contributed by atoms with Crippen LogP contribution in [0.5, 0.6) is 0 Å². The highest BCUT2D eigenvalue weighted by atomic mass is 15.2. The number of nitrogens with zero attached hydrogens (tertiary/aromatic N) is 2. The van der Waals surface area contributed by atoms with Gasteiger partial charge in [-0.25, -0.2) is 0 Å². The molecule has 0 saturated carbocycles. The van der Waals surface area contributed by atoms with Crippen LogP contribution in [0.1, 0.15) is 80.3 Å². The number of rotatable bonds is 8. The van der Waals surface area contributed by atoms with Crippen LogP contribution in [0.3, 0.4) is 0 Å². The zero-order valence-corrected chi connectivity index (χ0v) is 38.7. The smallest absolute Gasteiger partial charge is 0.0541 e. The maximum atomic E-state index is 2.48. The van der Waals surface area contributed by atoms with Crippen molar-refractivity contribution in [3.05, 3.63) is 252 Å². The summed E-state index contributed by atoms with van der Waals surface area (Å²) in [6, 6.07) is 81.4. The molecule has 0 aliphatic heterocycles. The summed E-state index contributed by atoms with van der Waals surface area (Å²) in [6.07, 6.45) is 2.06. The van der Waals surface area contributed by atoms with Crippen molar-refractivity contribution in [1.82, 2.24) is 0 Å². The molecule has 322 valence electrons. The third-order valence-corrected chi connectivity index (χ3v) is 14.3. The molecule has 66 heavy (non-hydrogen) atoms. The average molecular weight is 853 g/mol. The zero-order valence-electron chi connectivity index (χ0n) is 38.7. The van der Waals surface area contributed by atoms with Crippen molar-refractivity contribution in [3.8, 4) is 33.4 Å². The number of fused-ring (bicyclic) bond motifs is 6. The Bertz CT molecular complexity index is 3160. The molecule has 2 heteroatoms. The van der Waals surface area contributed by atoms with Gasteiger partial charge in [0.2, 0.25) is 0 Å². The number of para-hydroxylation sites is 3. The van der Waals surface area contributed by atoms with E-state index in [1.807, 2.05) is 0 Å². The number of hydrogen-bond acceptors (Lipinski definition) is 2. The molecule has 0 spiro atoms. The van der Waals surface area contributed by atoms with Crippen LogP contribution in [-0.4, -0.2) is 0 Å². The van der Waals surface area contributed by atoms with Crippen molar-refractivity contribution in [2.75, 3.05) is 9.80 Å². The first-order valence-corrected chi connectivity index (χ1v) is 23.6. The summed E-state index contributed by atoms with van der Waals surface area (Å²) in [5.41, 5.74) is 22.6. The second-order valence-corrected chi connectivity index (χ2v) is 19.7. The summed E-state index contributed by atoms with van der Waals surface area (Å²) < 4.78 is 0. The van der Waals surface area contributed by atoms with E-state index in [9.17, 15) is 0 Å². The second-order valence-electron chi connectivity index (χ2n) is 19.7. The van der Waals surface area contributed by atoms with E-state index >= 15 is 0 Å². The maximum Gasteiger partial charge on any atom is 0.0541 e. The Morgan fingerprint density at radius 2 is 0.985 bits per heavy atom. The molecule has 0 heterocycles. The van der Waals surface area contributed by atoms with Crippen LogP contribution >= 0.6 is 0 Å². The quantitative estimate of drug-likeness (QED) is 0.150. The Balaban J connectivity index is 1.10. The van der Waals surface area contributed by atoms with Crippen LogP contribution < -0.4 is 9.80 Å². The highest BCUT2D eigenvalue weighted by molar-refractivity contribution is 5.94. The molecule has 1 atom stereocenters. The minimum absolute atomic E-state index is 0.113. The van der Waals surface area contributed by atoms with Crippen molar-refractivity contribution in [2.24, 2.45) is 0 Å². The minimum atomic E-state index is -0.127. The first-order chi connectivity index (χ1) is 32.1. The largest absolute Gasteiger partial charge is 0.310 e. The molecule has 0 fully saturated rings. The lowest BCUT2D eigenvalue weighted by Gasteiger charge is -2.31. The maximum absolute atomic E-state index is 2.48. The van der Waals surface area contributed by atoms with Gasteiger partial charge in [0, 0.05) is 45.3 Å². The fourth-order valence-electron chi connectivity index (χ4n) is 10.8. The molecule has 11 rings (SSSR count). The molecule has 0 radical (unpaired) electrons. The van der Waals surface area contributed by atoms with Gasteiger partial charge in [-0.05, 0) is 152 Å². The van der Waals surface area contributed by atoms with Gasteiger partial charge in [0.1, 0.15) is 0 Å². The van der Waals surface area contributed by atoms with Gasteiger partial charge in [0.05, 0.1) is 5.69 Å². The molecule has 0 amide bonds. The fourth-order valence-corrected chi connectivity index (χ4v) is 10.8.